The van der Waals surface area contributed by atoms with E-state index in [9.17, 15) is 27.2 Å². The number of alkyl halides is 3. The first-order valence-corrected chi connectivity index (χ1v) is 7.21. The maximum Gasteiger partial charge on any atom is 0.416 e. The van der Waals surface area contributed by atoms with Crippen molar-refractivity contribution in [2.75, 3.05) is 5.32 Å². The molecule has 0 heterocycles. The summed E-state index contributed by atoms with van der Waals surface area (Å²) in [6.07, 6.45) is -4.56. The van der Waals surface area contributed by atoms with Crippen molar-refractivity contribution in [1.82, 2.24) is 5.32 Å². The maximum absolute atomic E-state index is 12.9. The maximum atomic E-state index is 12.9. The predicted molar refractivity (Wildman–Crippen MR) is 83.0 cm³/mol. The largest absolute Gasteiger partial charge is 0.416 e. The van der Waals surface area contributed by atoms with Crippen LogP contribution in [0.4, 0.5) is 23.2 Å². The smallest absolute Gasteiger partial charge is 0.341 e. The first kappa shape index (κ1) is 18.4. The summed E-state index contributed by atoms with van der Waals surface area (Å²) < 4.78 is 50.8. The lowest BCUT2D eigenvalue weighted by atomic mass is 10.1. The summed E-state index contributed by atoms with van der Waals surface area (Å²) in [4.78, 5) is 23.7. The van der Waals surface area contributed by atoms with Gasteiger partial charge in [-0.15, -0.1) is 0 Å². The number of hydrogen-bond acceptors (Lipinski definition) is 2. The van der Waals surface area contributed by atoms with Crippen LogP contribution >= 0.6 is 0 Å². The van der Waals surface area contributed by atoms with Crippen molar-refractivity contribution in [1.29, 1.82) is 0 Å². The van der Waals surface area contributed by atoms with Gasteiger partial charge in [-0.05, 0) is 42.8 Å². The molecule has 0 saturated heterocycles. The van der Waals surface area contributed by atoms with Gasteiger partial charge in [-0.25, -0.2) is 4.39 Å². The Hall–Kier alpha value is -2.90. The zero-order valence-electron chi connectivity index (χ0n) is 13.0. The standard InChI is InChI=1S/C17H14F4N2O2/c1-10(11-5-7-13(18)8-6-11)22-15(24)16(25)23-14-4-2-3-12(9-14)17(19,20)21/h2-10H,1H3,(H,22,24)(H,23,25)/t10-/m0/s1. The average molecular weight is 354 g/mol. The number of hydrogen-bond donors (Lipinski definition) is 2. The van der Waals surface area contributed by atoms with Crippen molar-refractivity contribution < 1.29 is 27.2 Å². The first-order chi connectivity index (χ1) is 11.7. The molecule has 2 rings (SSSR count). The van der Waals surface area contributed by atoms with Crippen LogP contribution in [0.25, 0.3) is 0 Å². The fraction of sp³-hybridized carbons (Fsp3) is 0.176. The van der Waals surface area contributed by atoms with E-state index in [1.165, 1.54) is 30.3 Å². The number of anilines is 1. The Morgan fingerprint density at radius 3 is 2.24 bits per heavy atom. The number of carbonyl (C=O) groups excluding carboxylic acids is 2. The van der Waals surface area contributed by atoms with Gasteiger partial charge in [0, 0.05) is 5.69 Å². The predicted octanol–water partition coefficient (Wildman–Crippen LogP) is 3.66. The van der Waals surface area contributed by atoms with E-state index in [1.807, 2.05) is 0 Å². The second kappa shape index (κ2) is 7.33. The second-order valence-electron chi connectivity index (χ2n) is 5.28. The minimum absolute atomic E-state index is 0.149. The number of benzene rings is 2. The summed E-state index contributed by atoms with van der Waals surface area (Å²) in [5, 5.41) is 4.49. The molecule has 2 amide bonds. The van der Waals surface area contributed by atoms with Crippen molar-refractivity contribution in [3.63, 3.8) is 0 Å². The third-order valence-electron chi connectivity index (χ3n) is 3.37. The topological polar surface area (TPSA) is 58.2 Å². The van der Waals surface area contributed by atoms with E-state index in [2.05, 4.69) is 10.6 Å². The quantitative estimate of drug-likeness (QED) is 0.653. The molecule has 2 N–H and O–H groups in total. The molecule has 0 radical (unpaired) electrons. The molecular formula is C17H14F4N2O2. The Labute approximate surface area is 140 Å². The minimum atomic E-state index is -4.56. The van der Waals surface area contributed by atoms with Crippen molar-refractivity contribution in [2.45, 2.75) is 19.1 Å². The van der Waals surface area contributed by atoms with Crippen LogP contribution in [-0.4, -0.2) is 11.8 Å². The molecule has 2 aromatic carbocycles. The molecule has 25 heavy (non-hydrogen) atoms. The molecule has 4 nitrogen and oxygen atoms in total. The summed E-state index contributed by atoms with van der Waals surface area (Å²) in [5.41, 5.74) is -0.517. The lowest BCUT2D eigenvalue weighted by Crippen LogP contribution is -2.36. The van der Waals surface area contributed by atoms with Gasteiger partial charge in [0.1, 0.15) is 5.82 Å². The fourth-order valence-corrected chi connectivity index (χ4v) is 2.06. The van der Waals surface area contributed by atoms with E-state index in [4.69, 9.17) is 0 Å². The van der Waals surface area contributed by atoms with Crippen LogP contribution in [0.15, 0.2) is 48.5 Å². The second-order valence-corrected chi connectivity index (χ2v) is 5.28. The van der Waals surface area contributed by atoms with Crippen LogP contribution in [0.5, 0.6) is 0 Å². The zero-order valence-corrected chi connectivity index (χ0v) is 13.0. The normalized spacial score (nSPS) is 12.4. The molecule has 0 aromatic heterocycles. The Morgan fingerprint density at radius 2 is 1.64 bits per heavy atom. The summed E-state index contributed by atoms with van der Waals surface area (Å²) in [5.74, 6) is -2.56. The molecule has 132 valence electrons. The number of halogens is 4. The van der Waals surface area contributed by atoms with Crippen molar-refractivity contribution in [3.8, 4) is 0 Å². The Morgan fingerprint density at radius 1 is 1.00 bits per heavy atom. The van der Waals surface area contributed by atoms with E-state index in [1.54, 1.807) is 6.92 Å². The molecule has 0 fully saturated rings. The molecule has 8 heteroatoms. The minimum Gasteiger partial charge on any atom is -0.341 e. The lowest BCUT2D eigenvalue weighted by Gasteiger charge is -2.14. The van der Waals surface area contributed by atoms with Crippen molar-refractivity contribution in [3.05, 3.63) is 65.5 Å². The first-order valence-electron chi connectivity index (χ1n) is 7.21. The fourth-order valence-electron chi connectivity index (χ4n) is 2.06. The molecule has 0 bridgehead atoms. The molecule has 1 atom stereocenters. The number of amides is 2. The van der Waals surface area contributed by atoms with Gasteiger partial charge in [0.05, 0.1) is 11.6 Å². The molecule has 0 saturated carbocycles. The van der Waals surface area contributed by atoms with Gasteiger partial charge in [-0.2, -0.15) is 13.2 Å². The van der Waals surface area contributed by atoms with Crippen molar-refractivity contribution >= 4 is 17.5 Å². The van der Waals surface area contributed by atoms with Crippen molar-refractivity contribution in [2.24, 2.45) is 0 Å². The average Bonchev–Trinajstić information content (AvgIpc) is 2.54. The van der Waals surface area contributed by atoms with Gasteiger partial charge in [0.15, 0.2) is 0 Å². The van der Waals surface area contributed by atoms with E-state index >= 15 is 0 Å². The number of nitrogens with one attached hydrogen (secondary N) is 2. The summed E-state index contributed by atoms with van der Waals surface area (Å²) >= 11 is 0. The number of carbonyl (C=O) groups is 2. The highest BCUT2D eigenvalue weighted by Gasteiger charge is 2.30. The molecule has 2 aromatic rings. The van der Waals surface area contributed by atoms with Gasteiger partial charge >= 0.3 is 18.0 Å². The van der Waals surface area contributed by atoms with E-state index < -0.39 is 35.4 Å². The molecule has 0 spiro atoms. The van der Waals surface area contributed by atoms with Crippen LogP contribution in [-0.2, 0) is 15.8 Å². The van der Waals surface area contributed by atoms with Gasteiger partial charge in [-0.1, -0.05) is 18.2 Å². The molecule has 0 aliphatic heterocycles. The Bertz CT molecular complexity index is 773. The molecular weight excluding hydrogens is 340 g/mol. The van der Waals surface area contributed by atoms with E-state index in [-0.39, 0.29) is 5.69 Å². The molecule has 0 unspecified atom stereocenters. The Kier molecular flexibility index (Phi) is 5.41. The monoisotopic (exact) mass is 354 g/mol. The summed E-state index contributed by atoms with van der Waals surface area (Å²) in [6, 6.07) is 8.68. The zero-order chi connectivity index (χ0) is 18.6. The van der Waals surface area contributed by atoms with Crippen LogP contribution in [0.3, 0.4) is 0 Å². The third kappa shape index (κ3) is 5.03. The highest BCUT2D eigenvalue weighted by molar-refractivity contribution is 6.39. The molecule has 0 aliphatic carbocycles. The molecule has 0 aliphatic rings. The number of rotatable bonds is 3. The third-order valence-corrected chi connectivity index (χ3v) is 3.37. The van der Waals surface area contributed by atoms with Gasteiger partial charge in [-0.3, -0.25) is 9.59 Å². The summed E-state index contributed by atoms with van der Waals surface area (Å²) in [7, 11) is 0. The van der Waals surface area contributed by atoms with Crippen LogP contribution in [0.1, 0.15) is 24.1 Å². The highest BCUT2D eigenvalue weighted by Crippen LogP contribution is 2.30. The van der Waals surface area contributed by atoms with Gasteiger partial charge in [0.25, 0.3) is 0 Å². The van der Waals surface area contributed by atoms with E-state index in [0.717, 1.165) is 18.2 Å². The van der Waals surface area contributed by atoms with Crippen LogP contribution < -0.4 is 10.6 Å². The lowest BCUT2D eigenvalue weighted by molar-refractivity contribution is -0.137. The van der Waals surface area contributed by atoms with Crippen LogP contribution in [0.2, 0.25) is 0 Å². The van der Waals surface area contributed by atoms with Gasteiger partial charge in [0.2, 0.25) is 0 Å². The Balaban J connectivity index is 2.01. The van der Waals surface area contributed by atoms with Crippen LogP contribution in [0, 0.1) is 5.82 Å². The summed E-state index contributed by atoms with van der Waals surface area (Å²) in [6.45, 7) is 1.59. The highest BCUT2D eigenvalue weighted by atomic mass is 19.4. The van der Waals surface area contributed by atoms with Gasteiger partial charge < -0.3 is 10.6 Å². The SMILES string of the molecule is C[C@H](NC(=O)C(=O)Nc1cccc(C(F)(F)F)c1)c1ccc(F)cc1. The van der Waals surface area contributed by atoms with E-state index in [0.29, 0.717) is 5.56 Å².